The van der Waals surface area contributed by atoms with Crippen molar-refractivity contribution in [1.82, 2.24) is 5.32 Å². The minimum atomic E-state index is 0.933. The van der Waals surface area contributed by atoms with Crippen LogP contribution in [0.3, 0.4) is 0 Å². The summed E-state index contributed by atoms with van der Waals surface area (Å²) >= 11 is 0. The molecule has 1 heteroatoms. The first-order chi connectivity index (χ1) is 6.90. The van der Waals surface area contributed by atoms with Crippen molar-refractivity contribution in [2.24, 2.45) is 0 Å². The Bertz CT molecular complexity index is 357. The lowest BCUT2D eigenvalue weighted by Crippen LogP contribution is -2.11. The first-order valence-electron chi connectivity index (χ1n) is 5.08. The summed E-state index contributed by atoms with van der Waals surface area (Å²) < 4.78 is 0. The average Bonchev–Trinajstić information content (AvgIpc) is 2.30. The van der Waals surface area contributed by atoms with Crippen LogP contribution in [-0.4, -0.2) is 6.54 Å². The van der Waals surface area contributed by atoms with Crippen molar-refractivity contribution in [1.29, 1.82) is 0 Å². The highest BCUT2D eigenvalue weighted by atomic mass is 14.8. The van der Waals surface area contributed by atoms with Gasteiger partial charge in [0, 0.05) is 6.54 Å². The number of rotatable bonds is 2. The Morgan fingerprint density at radius 3 is 2.57 bits per heavy atom. The van der Waals surface area contributed by atoms with E-state index in [2.05, 4.69) is 42.6 Å². The first kappa shape index (κ1) is 9.07. The molecule has 0 unspecified atom stereocenters. The zero-order valence-electron chi connectivity index (χ0n) is 8.46. The van der Waals surface area contributed by atoms with Crippen molar-refractivity contribution in [2.45, 2.75) is 13.3 Å². The van der Waals surface area contributed by atoms with Crippen LogP contribution in [0.2, 0.25) is 0 Å². The molecule has 0 radical (unpaired) electrons. The molecule has 1 N–H and O–H groups in total. The molecule has 1 aliphatic heterocycles. The standard InChI is InChI=1S/C13H15N/c1-2-11-5-7-12(8-6-11)13-4-3-9-14-10-13/h3-9,14H,2,10H2,1H3. The minimum Gasteiger partial charge on any atom is -0.387 e. The normalized spacial score (nSPS) is 14.8. The SMILES string of the molecule is CCc1ccc(C2=CC=CNC2)cc1. The lowest BCUT2D eigenvalue weighted by atomic mass is 10.0. The van der Waals surface area contributed by atoms with Gasteiger partial charge in [-0.2, -0.15) is 0 Å². The quantitative estimate of drug-likeness (QED) is 0.747. The van der Waals surface area contributed by atoms with E-state index in [0.717, 1.165) is 13.0 Å². The van der Waals surface area contributed by atoms with E-state index in [1.807, 2.05) is 12.3 Å². The van der Waals surface area contributed by atoms with Gasteiger partial charge in [0.05, 0.1) is 0 Å². The van der Waals surface area contributed by atoms with Crippen molar-refractivity contribution < 1.29 is 0 Å². The second-order valence-electron chi connectivity index (χ2n) is 3.48. The lowest BCUT2D eigenvalue weighted by molar-refractivity contribution is 0.985. The number of allylic oxidation sites excluding steroid dienone is 2. The van der Waals surface area contributed by atoms with Gasteiger partial charge < -0.3 is 5.32 Å². The summed E-state index contributed by atoms with van der Waals surface area (Å²) in [5.74, 6) is 0. The summed E-state index contributed by atoms with van der Waals surface area (Å²) in [6, 6.07) is 8.81. The third kappa shape index (κ3) is 1.87. The highest BCUT2D eigenvalue weighted by Gasteiger charge is 2.01. The highest BCUT2D eigenvalue weighted by Crippen LogP contribution is 2.16. The van der Waals surface area contributed by atoms with E-state index >= 15 is 0 Å². The summed E-state index contributed by atoms with van der Waals surface area (Å²) in [6.07, 6.45) is 7.30. The summed E-state index contributed by atoms with van der Waals surface area (Å²) in [6.45, 7) is 3.11. The van der Waals surface area contributed by atoms with Crippen LogP contribution in [0.4, 0.5) is 0 Å². The Hall–Kier alpha value is -1.50. The molecular weight excluding hydrogens is 170 g/mol. The van der Waals surface area contributed by atoms with Gasteiger partial charge in [0.2, 0.25) is 0 Å². The van der Waals surface area contributed by atoms with E-state index in [9.17, 15) is 0 Å². The van der Waals surface area contributed by atoms with E-state index in [1.54, 1.807) is 0 Å². The van der Waals surface area contributed by atoms with Crippen LogP contribution < -0.4 is 5.32 Å². The monoisotopic (exact) mass is 185 g/mol. The smallest absolute Gasteiger partial charge is 0.0401 e. The van der Waals surface area contributed by atoms with Crippen LogP contribution in [0.25, 0.3) is 5.57 Å². The summed E-state index contributed by atoms with van der Waals surface area (Å²) in [5.41, 5.74) is 4.07. The van der Waals surface area contributed by atoms with E-state index in [-0.39, 0.29) is 0 Å². The van der Waals surface area contributed by atoms with Crippen molar-refractivity contribution in [3.05, 3.63) is 53.7 Å². The average molecular weight is 185 g/mol. The van der Waals surface area contributed by atoms with Crippen LogP contribution in [0.5, 0.6) is 0 Å². The van der Waals surface area contributed by atoms with E-state index in [4.69, 9.17) is 0 Å². The molecule has 0 spiro atoms. The van der Waals surface area contributed by atoms with Crippen LogP contribution in [-0.2, 0) is 6.42 Å². The predicted molar refractivity (Wildman–Crippen MR) is 60.9 cm³/mol. The Labute approximate surface area is 85.2 Å². The van der Waals surface area contributed by atoms with Gasteiger partial charge in [-0.25, -0.2) is 0 Å². The first-order valence-corrected chi connectivity index (χ1v) is 5.08. The van der Waals surface area contributed by atoms with Gasteiger partial charge in [0.1, 0.15) is 0 Å². The summed E-state index contributed by atoms with van der Waals surface area (Å²) in [4.78, 5) is 0. The fourth-order valence-electron chi connectivity index (χ4n) is 1.61. The van der Waals surface area contributed by atoms with Gasteiger partial charge in [-0.15, -0.1) is 0 Å². The number of benzene rings is 1. The van der Waals surface area contributed by atoms with Gasteiger partial charge in [-0.05, 0) is 35.4 Å². The molecule has 1 nitrogen and oxygen atoms in total. The molecule has 72 valence electrons. The molecule has 0 atom stereocenters. The second-order valence-corrected chi connectivity index (χ2v) is 3.48. The molecule has 0 fully saturated rings. The van der Waals surface area contributed by atoms with E-state index in [1.165, 1.54) is 16.7 Å². The van der Waals surface area contributed by atoms with Crippen LogP contribution in [0, 0.1) is 0 Å². The van der Waals surface area contributed by atoms with Crippen molar-refractivity contribution in [3.8, 4) is 0 Å². The number of aryl methyl sites for hydroxylation is 1. The molecule has 0 bridgehead atoms. The Kier molecular flexibility index (Phi) is 2.68. The highest BCUT2D eigenvalue weighted by molar-refractivity contribution is 5.69. The zero-order valence-corrected chi connectivity index (χ0v) is 8.46. The second kappa shape index (κ2) is 4.14. The van der Waals surface area contributed by atoms with Gasteiger partial charge in [0.15, 0.2) is 0 Å². The molecule has 0 saturated carbocycles. The minimum absolute atomic E-state index is 0.933. The molecule has 1 aromatic rings. The van der Waals surface area contributed by atoms with Gasteiger partial charge >= 0.3 is 0 Å². The number of dihydropyridines is 1. The van der Waals surface area contributed by atoms with Crippen LogP contribution in [0.1, 0.15) is 18.1 Å². The number of hydrogen-bond donors (Lipinski definition) is 1. The number of nitrogens with one attached hydrogen (secondary N) is 1. The molecule has 1 aliphatic rings. The zero-order chi connectivity index (χ0) is 9.80. The molecule has 2 rings (SSSR count). The fraction of sp³-hybridized carbons (Fsp3) is 0.231. The Morgan fingerprint density at radius 1 is 1.21 bits per heavy atom. The maximum atomic E-state index is 3.21. The maximum Gasteiger partial charge on any atom is 0.0401 e. The van der Waals surface area contributed by atoms with E-state index in [0.29, 0.717) is 0 Å². The molecule has 0 saturated heterocycles. The van der Waals surface area contributed by atoms with Gasteiger partial charge in [-0.1, -0.05) is 37.3 Å². The van der Waals surface area contributed by atoms with Crippen molar-refractivity contribution >= 4 is 5.57 Å². The van der Waals surface area contributed by atoms with Crippen LogP contribution >= 0.6 is 0 Å². The Morgan fingerprint density at radius 2 is 2.00 bits per heavy atom. The summed E-state index contributed by atoms with van der Waals surface area (Å²) in [5, 5.41) is 3.21. The van der Waals surface area contributed by atoms with E-state index < -0.39 is 0 Å². The largest absolute Gasteiger partial charge is 0.387 e. The van der Waals surface area contributed by atoms with Gasteiger partial charge in [0.25, 0.3) is 0 Å². The lowest BCUT2D eigenvalue weighted by Gasteiger charge is -2.11. The number of hydrogen-bond acceptors (Lipinski definition) is 1. The molecule has 1 heterocycles. The van der Waals surface area contributed by atoms with Gasteiger partial charge in [-0.3, -0.25) is 0 Å². The van der Waals surface area contributed by atoms with Crippen molar-refractivity contribution in [3.63, 3.8) is 0 Å². The molecule has 0 amide bonds. The third-order valence-corrected chi connectivity index (χ3v) is 2.54. The molecule has 14 heavy (non-hydrogen) atoms. The Balaban J connectivity index is 2.24. The molecule has 0 aliphatic carbocycles. The third-order valence-electron chi connectivity index (χ3n) is 2.54. The topological polar surface area (TPSA) is 12.0 Å². The molecule has 0 aromatic heterocycles. The molecule has 1 aromatic carbocycles. The summed E-state index contributed by atoms with van der Waals surface area (Å²) in [7, 11) is 0. The molecular formula is C13H15N. The van der Waals surface area contributed by atoms with Crippen molar-refractivity contribution in [2.75, 3.05) is 6.54 Å². The maximum absolute atomic E-state index is 3.21. The fourth-order valence-corrected chi connectivity index (χ4v) is 1.61. The predicted octanol–water partition coefficient (Wildman–Crippen LogP) is 2.75. The van der Waals surface area contributed by atoms with Crippen LogP contribution in [0.15, 0.2) is 42.6 Å².